The number of hydrogen-bond donors (Lipinski definition) is 1. The Balaban J connectivity index is 2.38. The Morgan fingerprint density at radius 3 is 2.78 bits per heavy atom. The van der Waals surface area contributed by atoms with Crippen molar-refractivity contribution in [1.29, 1.82) is 0 Å². The van der Waals surface area contributed by atoms with Crippen LogP contribution in [0.2, 0.25) is 0 Å². The van der Waals surface area contributed by atoms with Gasteiger partial charge in [-0.1, -0.05) is 0 Å². The van der Waals surface area contributed by atoms with Gasteiger partial charge in [0.2, 0.25) is 0 Å². The van der Waals surface area contributed by atoms with Gasteiger partial charge < -0.3 is 9.67 Å². The Bertz CT molecular complexity index is 614. The molecule has 5 heteroatoms. The van der Waals surface area contributed by atoms with E-state index < -0.39 is 5.97 Å². The van der Waals surface area contributed by atoms with Crippen LogP contribution in [0.5, 0.6) is 0 Å². The summed E-state index contributed by atoms with van der Waals surface area (Å²) in [5.41, 5.74) is 3.60. The van der Waals surface area contributed by atoms with E-state index in [0.29, 0.717) is 0 Å². The van der Waals surface area contributed by atoms with Gasteiger partial charge >= 0.3 is 5.97 Å². The predicted molar refractivity (Wildman–Crippen MR) is 67.5 cm³/mol. The highest BCUT2D eigenvalue weighted by Crippen LogP contribution is 2.14. The zero-order chi connectivity index (χ0) is 13.1. The first-order valence-electron chi connectivity index (χ1n) is 5.45. The van der Waals surface area contributed by atoms with Gasteiger partial charge in [0.25, 0.3) is 0 Å². The van der Waals surface area contributed by atoms with E-state index in [-0.39, 0.29) is 0 Å². The molecule has 1 N–H and O–H groups in total. The van der Waals surface area contributed by atoms with Gasteiger partial charge in [-0.2, -0.15) is 0 Å². The fraction of sp³-hybridized carbons (Fsp3) is 0.154. The summed E-state index contributed by atoms with van der Waals surface area (Å²) in [4.78, 5) is 18.8. The maximum Gasteiger partial charge on any atom is 0.328 e. The van der Waals surface area contributed by atoms with E-state index in [1.807, 2.05) is 24.5 Å². The first kappa shape index (κ1) is 12.0. The maximum atomic E-state index is 10.5. The second-order valence-corrected chi connectivity index (χ2v) is 3.93. The molecule has 0 aliphatic heterocycles. The third-order valence-electron chi connectivity index (χ3n) is 2.69. The number of aliphatic carboxylic acids is 1. The standard InChI is InChI=1S/C13H13N3O2/c1-9-10(2)16(8-15-9)12-5-11(6-14-7-12)3-4-13(17)18/h3-8H,1-2H3,(H,17,18)/b4-3+. The summed E-state index contributed by atoms with van der Waals surface area (Å²) in [6.45, 7) is 3.91. The molecule has 92 valence electrons. The number of aromatic nitrogens is 3. The lowest BCUT2D eigenvalue weighted by Crippen LogP contribution is -1.96. The second kappa shape index (κ2) is 4.83. The van der Waals surface area contributed by atoms with Crippen LogP contribution in [-0.2, 0) is 4.79 Å². The van der Waals surface area contributed by atoms with Crippen LogP contribution in [0.25, 0.3) is 11.8 Å². The average Bonchev–Trinajstić information content (AvgIpc) is 2.68. The number of carbonyl (C=O) groups is 1. The van der Waals surface area contributed by atoms with Gasteiger partial charge in [0.1, 0.15) is 0 Å². The molecule has 0 saturated carbocycles. The molecule has 0 amide bonds. The van der Waals surface area contributed by atoms with E-state index in [1.54, 1.807) is 18.7 Å². The molecule has 5 nitrogen and oxygen atoms in total. The first-order valence-corrected chi connectivity index (χ1v) is 5.45. The van der Waals surface area contributed by atoms with Crippen molar-refractivity contribution in [2.45, 2.75) is 13.8 Å². The number of carboxylic acid groups (broad SMARTS) is 1. The summed E-state index contributed by atoms with van der Waals surface area (Å²) < 4.78 is 1.92. The molecule has 2 aromatic heterocycles. The summed E-state index contributed by atoms with van der Waals surface area (Å²) in [6.07, 6.45) is 7.66. The number of pyridine rings is 1. The molecular formula is C13H13N3O2. The molecular weight excluding hydrogens is 230 g/mol. The largest absolute Gasteiger partial charge is 0.478 e. The van der Waals surface area contributed by atoms with Gasteiger partial charge in [-0.25, -0.2) is 9.78 Å². The summed E-state index contributed by atoms with van der Waals surface area (Å²) >= 11 is 0. The Kier molecular flexibility index (Phi) is 3.23. The third-order valence-corrected chi connectivity index (χ3v) is 2.69. The lowest BCUT2D eigenvalue weighted by Gasteiger charge is -2.05. The highest BCUT2D eigenvalue weighted by atomic mass is 16.4. The van der Waals surface area contributed by atoms with Crippen LogP contribution in [0.1, 0.15) is 17.0 Å². The summed E-state index contributed by atoms with van der Waals surface area (Å²) in [7, 11) is 0. The number of imidazole rings is 1. The Morgan fingerprint density at radius 2 is 2.17 bits per heavy atom. The fourth-order valence-corrected chi connectivity index (χ4v) is 1.59. The minimum absolute atomic E-state index is 0.737. The molecule has 0 atom stereocenters. The molecule has 2 rings (SSSR count). The number of nitrogens with zero attached hydrogens (tertiary/aromatic N) is 3. The SMILES string of the molecule is Cc1ncn(-c2cncc(/C=C/C(=O)O)c2)c1C. The molecule has 0 aliphatic rings. The van der Waals surface area contributed by atoms with Crippen LogP contribution < -0.4 is 0 Å². The van der Waals surface area contributed by atoms with Gasteiger partial charge in [0, 0.05) is 18.0 Å². The minimum atomic E-state index is -0.977. The summed E-state index contributed by atoms with van der Waals surface area (Å²) in [5, 5.41) is 8.59. The Hall–Kier alpha value is -2.43. The smallest absolute Gasteiger partial charge is 0.328 e. The van der Waals surface area contributed by atoms with Crippen LogP contribution in [0.4, 0.5) is 0 Å². The topological polar surface area (TPSA) is 68.0 Å². The van der Waals surface area contributed by atoms with Crippen LogP contribution in [-0.4, -0.2) is 25.6 Å². The van der Waals surface area contributed by atoms with Crippen molar-refractivity contribution in [3.63, 3.8) is 0 Å². The molecule has 0 saturated heterocycles. The predicted octanol–water partition coefficient (Wildman–Crippen LogP) is 1.98. The summed E-state index contributed by atoms with van der Waals surface area (Å²) in [6, 6.07) is 1.86. The van der Waals surface area contributed by atoms with Crippen molar-refractivity contribution >= 4 is 12.0 Å². The van der Waals surface area contributed by atoms with Gasteiger partial charge in [-0.05, 0) is 31.6 Å². The van der Waals surface area contributed by atoms with E-state index in [9.17, 15) is 4.79 Å². The van der Waals surface area contributed by atoms with Crippen LogP contribution >= 0.6 is 0 Å². The van der Waals surface area contributed by atoms with Crippen molar-refractivity contribution in [1.82, 2.24) is 14.5 Å². The normalized spacial score (nSPS) is 11.0. The van der Waals surface area contributed by atoms with Crippen LogP contribution in [0.15, 0.2) is 30.9 Å². The number of aryl methyl sites for hydroxylation is 1. The van der Waals surface area contributed by atoms with E-state index >= 15 is 0 Å². The van der Waals surface area contributed by atoms with Crippen LogP contribution in [0.3, 0.4) is 0 Å². The highest BCUT2D eigenvalue weighted by molar-refractivity contribution is 5.85. The Labute approximate surface area is 104 Å². The van der Waals surface area contributed by atoms with Gasteiger partial charge in [-0.3, -0.25) is 4.98 Å². The van der Waals surface area contributed by atoms with Gasteiger partial charge in [-0.15, -0.1) is 0 Å². The quantitative estimate of drug-likeness (QED) is 0.837. The maximum absolute atomic E-state index is 10.5. The van der Waals surface area contributed by atoms with Crippen LogP contribution in [0, 0.1) is 13.8 Å². The molecule has 0 unspecified atom stereocenters. The van der Waals surface area contributed by atoms with E-state index in [1.165, 1.54) is 6.08 Å². The van der Waals surface area contributed by atoms with Gasteiger partial charge in [0.05, 0.1) is 23.9 Å². The molecule has 0 aliphatic carbocycles. The first-order chi connectivity index (χ1) is 8.58. The third kappa shape index (κ3) is 2.45. The van der Waals surface area contributed by atoms with Crippen molar-refractivity contribution in [3.05, 3.63) is 47.8 Å². The van der Waals surface area contributed by atoms with Crippen molar-refractivity contribution in [3.8, 4) is 5.69 Å². The number of carboxylic acids is 1. The molecule has 0 fully saturated rings. The summed E-state index contributed by atoms with van der Waals surface area (Å²) in [5.74, 6) is -0.977. The number of rotatable bonds is 3. The van der Waals surface area contributed by atoms with E-state index in [2.05, 4.69) is 9.97 Å². The molecule has 0 aromatic carbocycles. The van der Waals surface area contributed by atoms with Crippen molar-refractivity contribution in [2.75, 3.05) is 0 Å². The molecule has 2 aromatic rings. The zero-order valence-corrected chi connectivity index (χ0v) is 10.2. The number of hydrogen-bond acceptors (Lipinski definition) is 3. The Morgan fingerprint density at radius 1 is 1.39 bits per heavy atom. The van der Waals surface area contributed by atoms with Gasteiger partial charge in [0.15, 0.2) is 0 Å². The average molecular weight is 243 g/mol. The second-order valence-electron chi connectivity index (χ2n) is 3.93. The lowest BCUT2D eigenvalue weighted by molar-refractivity contribution is -0.131. The fourth-order valence-electron chi connectivity index (χ4n) is 1.59. The molecule has 0 radical (unpaired) electrons. The van der Waals surface area contributed by atoms with Crippen molar-refractivity contribution in [2.24, 2.45) is 0 Å². The molecule has 18 heavy (non-hydrogen) atoms. The molecule has 0 spiro atoms. The minimum Gasteiger partial charge on any atom is -0.478 e. The van der Waals surface area contributed by atoms with E-state index in [0.717, 1.165) is 28.7 Å². The van der Waals surface area contributed by atoms with Crippen molar-refractivity contribution < 1.29 is 9.90 Å². The highest BCUT2D eigenvalue weighted by Gasteiger charge is 2.04. The molecule has 0 bridgehead atoms. The lowest BCUT2D eigenvalue weighted by atomic mass is 10.2. The zero-order valence-electron chi connectivity index (χ0n) is 10.2. The molecule has 2 heterocycles. The van der Waals surface area contributed by atoms with E-state index in [4.69, 9.17) is 5.11 Å². The monoisotopic (exact) mass is 243 g/mol.